The average Bonchev–Trinajstić information content (AvgIpc) is 3.15. The maximum atomic E-state index is 12.1. The van der Waals surface area contributed by atoms with E-state index in [1.165, 1.54) is 17.1 Å². The monoisotopic (exact) mass is 309 g/mol. The largest absolute Gasteiger partial charge is 0.350 e. The van der Waals surface area contributed by atoms with Crippen molar-refractivity contribution in [3.8, 4) is 0 Å². The lowest BCUT2D eigenvalue weighted by molar-refractivity contribution is 0.0952. The van der Waals surface area contributed by atoms with Gasteiger partial charge in [0.25, 0.3) is 5.91 Å². The van der Waals surface area contributed by atoms with Crippen LogP contribution in [0.5, 0.6) is 0 Å². The molecule has 1 aliphatic rings. The second-order valence-corrected chi connectivity index (χ2v) is 7.83. The first kappa shape index (κ1) is 13.9. The summed E-state index contributed by atoms with van der Waals surface area (Å²) in [5.41, 5.74) is 1.45. The first-order valence-electron chi connectivity index (χ1n) is 6.46. The Labute approximate surface area is 121 Å². The molecule has 21 heavy (non-hydrogen) atoms. The van der Waals surface area contributed by atoms with Crippen molar-refractivity contribution >= 4 is 26.9 Å². The van der Waals surface area contributed by atoms with Gasteiger partial charge in [0.15, 0.2) is 15.5 Å². The van der Waals surface area contributed by atoms with Gasteiger partial charge in [-0.1, -0.05) is 5.21 Å². The molecule has 8 nitrogen and oxygen atoms in total. The van der Waals surface area contributed by atoms with Gasteiger partial charge in [0.1, 0.15) is 5.52 Å². The maximum Gasteiger partial charge on any atom is 0.252 e. The Morgan fingerprint density at radius 2 is 2.19 bits per heavy atom. The standard InChI is InChI=1S/C12H15N5O3S/c1-17-10-9(15-16-17)5-8(6-13-10)11(18)14-7-12(3-4-12)21(2,19)20/h5-6H,3-4,7H2,1-2H3,(H,14,18). The molecule has 0 atom stereocenters. The third-order valence-corrected chi connectivity index (χ3v) is 5.99. The van der Waals surface area contributed by atoms with Crippen molar-refractivity contribution in [2.45, 2.75) is 17.6 Å². The van der Waals surface area contributed by atoms with Crippen molar-refractivity contribution in [1.29, 1.82) is 0 Å². The first-order chi connectivity index (χ1) is 9.82. The number of pyridine rings is 1. The van der Waals surface area contributed by atoms with Crippen molar-refractivity contribution < 1.29 is 13.2 Å². The number of aromatic nitrogens is 4. The highest BCUT2D eigenvalue weighted by molar-refractivity contribution is 7.92. The van der Waals surface area contributed by atoms with E-state index < -0.39 is 14.6 Å². The summed E-state index contributed by atoms with van der Waals surface area (Å²) in [4.78, 5) is 16.2. The number of hydrogen-bond donors (Lipinski definition) is 1. The number of aryl methyl sites for hydroxylation is 1. The molecule has 2 heterocycles. The molecule has 3 rings (SSSR count). The van der Waals surface area contributed by atoms with E-state index in [1.807, 2.05) is 0 Å². The molecule has 0 spiro atoms. The molecule has 2 aromatic heterocycles. The molecule has 1 N–H and O–H groups in total. The number of sulfone groups is 1. The van der Waals surface area contributed by atoms with Gasteiger partial charge in [-0.05, 0) is 18.9 Å². The van der Waals surface area contributed by atoms with Crippen LogP contribution in [0.4, 0.5) is 0 Å². The normalized spacial score (nSPS) is 16.9. The second-order valence-electron chi connectivity index (χ2n) is 5.42. The molecule has 0 unspecified atom stereocenters. The van der Waals surface area contributed by atoms with E-state index in [2.05, 4.69) is 20.6 Å². The summed E-state index contributed by atoms with van der Waals surface area (Å²) in [5.74, 6) is -0.357. The van der Waals surface area contributed by atoms with E-state index in [0.29, 0.717) is 29.6 Å². The van der Waals surface area contributed by atoms with E-state index in [-0.39, 0.29) is 12.5 Å². The summed E-state index contributed by atoms with van der Waals surface area (Å²) in [6.45, 7) is 0.128. The van der Waals surface area contributed by atoms with E-state index in [0.717, 1.165) is 0 Å². The highest BCUT2D eigenvalue weighted by Crippen LogP contribution is 2.42. The van der Waals surface area contributed by atoms with Gasteiger partial charge in [-0.2, -0.15) is 0 Å². The molecule has 9 heteroatoms. The quantitative estimate of drug-likeness (QED) is 0.829. The Kier molecular flexibility index (Phi) is 2.97. The molecule has 0 bridgehead atoms. The van der Waals surface area contributed by atoms with Crippen LogP contribution < -0.4 is 5.32 Å². The maximum absolute atomic E-state index is 12.1. The third kappa shape index (κ3) is 2.37. The van der Waals surface area contributed by atoms with Gasteiger partial charge in [0, 0.05) is 26.0 Å². The summed E-state index contributed by atoms with van der Waals surface area (Å²) < 4.78 is 24.0. The Morgan fingerprint density at radius 1 is 1.48 bits per heavy atom. The van der Waals surface area contributed by atoms with Gasteiger partial charge in [0.2, 0.25) is 0 Å². The van der Waals surface area contributed by atoms with Crippen LogP contribution in [0.1, 0.15) is 23.2 Å². The van der Waals surface area contributed by atoms with Crippen LogP contribution >= 0.6 is 0 Å². The van der Waals surface area contributed by atoms with Crippen LogP contribution in [0, 0.1) is 0 Å². The van der Waals surface area contributed by atoms with Crippen molar-refractivity contribution in [2.75, 3.05) is 12.8 Å². The van der Waals surface area contributed by atoms with E-state index >= 15 is 0 Å². The van der Waals surface area contributed by atoms with E-state index in [4.69, 9.17) is 0 Å². The highest BCUT2D eigenvalue weighted by atomic mass is 32.2. The van der Waals surface area contributed by atoms with Crippen LogP contribution in [0.25, 0.3) is 11.2 Å². The number of carbonyl (C=O) groups excluding carboxylic acids is 1. The molecule has 1 amide bonds. The van der Waals surface area contributed by atoms with E-state index in [9.17, 15) is 13.2 Å². The number of rotatable bonds is 4. The molecule has 1 saturated carbocycles. The smallest absolute Gasteiger partial charge is 0.252 e. The predicted octanol–water partition coefficient (Wildman–Crippen LogP) is -0.330. The van der Waals surface area contributed by atoms with Gasteiger partial charge >= 0.3 is 0 Å². The minimum atomic E-state index is -3.16. The van der Waals surface area contributed by atoms with Crippen LogP contribution in [0.15, 0.2) is 12.3 Å². The summed E-state index contributed by atoms with van der Waals surface area (Å²) in [5, 5.41) is 10.4. The second kappa shape index (κ2) is 4.48. The number of carbonyl (C=O) groups is 1. The SMILES string of the molecule is Cn1nnc2cc(C(=O)NCC3(S(C)(=O)=O)CC3)cnc21. The van der Waals surface area contributed by atoms with E-state index in [1.54, 1.807) is 13.1 Å². The Hall–Kier alpha value is -2.03. The Balaban J connectivity index is 1.76. The summed E-state index contributed by atoms with van der Waals surface area (Å²) >= 11 is 0. The number of fused-ring (bicyclic) bond motifs is 1. The molecule has 0 aromatic carbocycles. The van der Waals surface area contributed by atoms with Crippen molar-refractivity contribution in [3.63, 3.8) is 0 Å². The zero-order valence-corrected chi connectivity index (χ0v) is 12.5. The minimum absolute atomic E-state index is 0.128. The summed E-state index contributed by atoms with van der Waals surface area (Å²) in [7, 11) is -1.44. The molecular formula is C12H15N5O3S. The van der Waals surface area contributed by atoms with Gasteiger partial charge in [0.05, 0.1) is 10.3 Å². The molecule has 1 aliphatic carbocycles. The number of nitrogens with one attached hydrogen (secondary N) is 1. The molecule has 1 fully saturated rings. The number of hydrogen-bond acceptors (Lipinski definition) is 6. The average molecular weight is 309 g/mol. The summed E-state index contributed by atoms with van der Waals surface area (Å²) in [6, 6.07) is 1.59. The first-order valence-corrected chi connectivity index (χ1v) is 8.35. The molecule has 0 saturated heterocycles. The fourth-order valence-corrected chi connectivity index (χ4v) is 3.39. The molecule has 112 valence electrons. The molecule has 0 aliphatic heterocycles. The van der Waals surface area contributed by atoms with Crippen molar-refractivity contribution in [2.24, 2.45) is 7.05 Å². The number of nitrogens with zero attached hydrogens (tertiary/aromatic N) is 4. The van der Waals surface area contributed by atoms with Crippen LogP contribution in [-0.4, -0.2) is 51.9 Å². The summed E-state index contributed by atoms with van der Waals surface area (Å²) in [6.07, 6.45) is 3.82. The van der Waals surface area contributed by atoms with Crippen molar-refractivity contribution in [1.82, 2.24) is 25.3 Å². The van der Waals surface area contributed by atoms with Gasteiger partial charge < -0.3 is 5.32 Å². The number of amides is 1. The zero-order chi connectivity index (χ0) is 15.3. The topological polar surface area (TPSA) is 107 Å². The molecular weight excluding hydrogens is 294 g/mol. The molecule has 2 aromatic rings. The van der Waals surface area contributed by atoms with Crippen LogP contribution in [-0.2, 0) is 16.9 Å². The molecule has 0 radical (unpaired) electrons. The third-order valence-electron chi connectivity index (χ3n) is 3.87. The lowest BCUT2D eigenvalue weighted by Crippen LogP contribution is -2.38. The lowest BCUT2D eigenvalue weighted by atomic mass is 10.2. The Bertz CT molecular complexity index is 823. The fourth-order valence-electron chi connectivity index (χ4n) is 2.21. The lowest BCUT2D eigenvalue weighted by Gasteiger charge is -2.13. The zero-order valence-electron chi connectivity index (χ0n) is 11.7. The highest BCUT2D eigenvalue weighted by Gasteiger charge is 2.52. The van der Waals surface area contributed by atoms with Gasteiger partial charge in [-0.15, -0.1) is 5.10 Å². The van der Waals surface area contributed by atoms with Crippen LogP contribution in [0.2, 0.25) is 0 Å². The van der Waals surface area contributed by atoms with Gasteiger partial charge in [-0.25, -0.2) is 18.1 Å². The fraction of sp³-hybridized carbons (Fsp3) is 0.500. The Morgan fingerprint density at radius 3 is 2.81 bits per heavy atom. The van der Waals surface area contributed by atoms with Crippen molar-refractivity contribution in [3.05, 3.63) is 17.8 Å². The van der Waals surface area contributed by atoms with Crippen LogP contribution in [0.3, 0.4) is 0 Å². The predicted molar refractivity (Wildman–Crippen MR) is 75.4 cm³/mol. The van der Waals surface area contributed by atoms with Gasteiger partial charge in [-0.3, -0.25) is 4.79 Å². The minimum Gasteiger partial charge on any atom is -0.350 e.